The van der Waals surface area contributed by atoms with E-state index in [-0.39, 0.29) is 30.2 Å². The maximum absolute atomic E-state index is 13.0. The second-order valence-electron chi connectivity index (χ2n) is 6.26. The molecule has 1 fully saturated rings. The lowest BCUT2D eigenvalue weighted by Crippen LogP contribution is -2.54. The van der Waals surface area contributed by atoms with Gasteiger partial charge in [-0.25, -0.2) is 0 Å². The van der Waals surface area contributed by atoms with E-state index in [2.05, 4.69) is 10.4 Å². The Morgan fingerprint density at radius 1 is 1.36 bits per heavy atom. The first-order chi connectivity index (χ1) is 12.1. The number of hydrogen-bond donors (Lipinski definition) is 1. The summed E-state index contributed by atoms with van der Waals surface area (Å²) in [7, 11) is 0. The van der Waals surface area contributed by atoms with E-state index in [0.29, 0.717) is 18.7 Å². The summed E-state index contributed by atoms with van der Waals surface area (Å²) >= 11 is 0. The molecule has 7 nitrogen and oxygen atoms in total. The largest absolute Gasteiger partial charge is 0.451 e. The maximum atomic E-state index is 13.0. The minimum absolute atomic E-state index is 0.0431. The predicted octanol–water partition coefficient (Wildman–Crippen LogP) is 1.64. The maximum Gasteiger partial charge on any atom is 0.290 e. The lowest BCUT2D eigenvalue weighted by molar-refractivity contribution is -0.124. The highest BCUT2D eigenvalue weighted by Gasteiger charge is 2.30. The molecule has 1 saturated heterocycles. The number of fused-ring (bicyclic) bond motifs is 1. The number of nitrogens with one attached hydrogen (secondary N) is 1. The van der Waals surface area contributed by atoms with Crippen LogP contribution in [0.3, 0.4) is 0 Å². The summed E-state index contributed by atoms with van der Waals surface area (Å²) in [6.07, 6.45) is 3.53. The van der Waals surface area contributed by atoms with Crippen LogP contribution in [0.25, 0.3) is 11.0 Å². The van der Waals surface area contributed by atoms with Crippen LogP contribution in [-0.2, 0) is 11.3 Å². The van der Waals surface area contributed by atoms with Crippen molar-refractivity contribution in [3.8, 4) is 0 Å². The zero-order valence-corrected chi connectivity index (χ0v) is 13.8. The van der Waals surface area contributed by atoms with Gasteiger partial charge in [0.15, 0.2) is 5.76 Å². The van der Waals surface area contributed by atoms with E-state index in [0.717, 1.165) is 10.9 Å². The number of rotatable bonds is 3. The Balaban J connectivity index is 1.75. The molecule has 0 bridgehead atoms. The molecular weight excluding hydrogens is 320 g/mol. The lowest BCUT2D eigenvalue weighted by atomic mass is 10.1. The molecule has 3 heterocycles. The van der Waals surface area contributed by atoms with E-state index < -0.39 is 0 Å². The lowest BCUT2D eigenvalue weighted by Gasteiger charge is -2.30. The van der Waals surface area contributed by atoms with Crippen LogP contribution in [0.4, 0.5) is 0 Å². The fourth-order valence-corrected chi connectivity index (χ4v) is 3.22. The first-order valence-electron chi connectivity index (χ1n) is 8.18. The van der Waals surface area contributed by atoms with Gasteiger partial charge in [0.1, 0.15) is 12.1 Å². The third kappa shape index (κ3) is 2.88. The van der Waals surface area contributed by atoms with Gasteiger partial charge in [0.25, 0.3) is 5.91 Å². The molecule has 2 amide bonds. The quantitative estimate of drug-likeness (QED) is 0.787. The number of piperazine rings is 1. The topological polar surface area (TPSA) is 80.4 Å². The molecule has 0 aliphatic carbocycles. The van der Waals surface area contributed by atoms with E-state index in [1.165, 1.54) is 4.90 Å². The average Bonchev–Trinajstić information content (AvgIpc) is 3.22. The highest BCUT2D eigenvalue weighted by molar-refractivity contribution is 6.00. The van der Waals surface area contributed by atoms with Crippen LogP contribution in [0.5, 0.6) is 0 Å². The third-order valence-corrected chi connectivity index (χ3v) is 4.30. The van der Waals surface area contributed by atoms with Crippen molar-refractivity contribution in [3.63, 3.8) is 0 Å². The highest BCUT2D eigenvalue weighted by Crippen LogP contribution is 2.28. The monoisotopic (exact) mass is 338 g/mol. The fraction of sp³-hybridized carbons (Fsp3) is 0.278. The molecule has 2 aromatic heterocycles. The van der Waals surface area contributed by atoms with Crippen LogP contribution in [-0.4, -0.2) is 45.6 Å². The summed E-state index contributed by atoms with van der Waals surface area (Å²) in [5.41, 5.74) is 1.44. The third-order valence-electron chi connectivity index (χ3n) is 4.30. The van der Waals surface area contributed by atoms with Crippen molar-refractivity contribution in [2.24, 2.45) is 0 Å². The smallest absolute Gasteiger partial charge is 0.290 e. The van der Waals surface area contributed by atoms with E-state index in [4.69, 9.17) is 4.42 Å². The number of nitrogens with zero attached hydrogens (tertiary/aromatic N) is 3. The Morgan fingerprint density at radius 3 is 2.96 bits per heavy atom. The standard InChI is InChI=1S/C18H18N4O3/c1-12-9-21(11-16(23)20-12)18(24)17-14(10-22-8-4-7-19-22)13-5-2-3-6-15(13)25-17/h2-8,12H,9-11H2,1H3,(H,20,23). The van der Waals surface area contributed by atoms with Gasteiger partial charge in [0, 0.05) is 35.9 Å². The van der Waals surface area contributed by atoms with Crippen LogP contribution in [0.1, 0.15) is 23.0 Å². The normalized spacial score (nSPS) is 17.7. The van der Waals surface area contributed by atoms with Crippen molar-refractivity contribution in [1.29, 1.82) is 0 Å². The molecule has 0 saturated carbocycles. The Hall–Kier alpha value is -3.09. The molecule has 25 heavy (non-hydrogen) atoms. The van der Waals surface area contributed by atoms with E-state index in [1.54, 1.807) is 10.9 Å². The minimum Gasteiger partial charge on any atom is -0.451 e. The van der Waals surface area contributed by atoms with Crippen molar-refractivity contribution >= 4 is 22.8 Å². The molecule has 1 aromatic carbocycles. The molecule has 0 spiro atoms. The number of hydrogen-bond acceptors (Lipinski definition) is 4. The minimum atomic E-state index is -0.264. The molecule has 3 aromatic rings. The summed E-state index contributed by atoms with van der Waals surface area (Å²) in [6, 6.07) is 9.30. The van der Waals surface area contributed by atoms with Crippen LogP contribution in [0, 0.1) is 0 Å². The highest BCUT2D eigenvalue weighted by atomic mass is 16.3. The number of benzene rings is 1. The Bertz CT molecular complexity index is 929. The Kier molecular flexibility index (Phi) is 3.76. The van der Waals surface area contributed by atoms with Gasteiger partial charge in [-0.2, -0.15) is 5.10 Å². The van der Waals surface area contributed by atoms with E-state index in [9.17, 15) is 9.59 Å². The van der Waals surface area contributed by atoms with Crippen molar-refractivity contribution < 1.29 is 14.0 Å². The van der Waals surface area contributed by atoms with Gasteiger partial charge in [-0.3, -0.25) is 14.3 Å². The SMILES string of the molecule is CC1CN(C(=O)c2oc3ccccc3c2Cn2cccn2)CC(=O)N1. The molecule has 4 rings (SSSR count). The summed E-state index contributed by atoms with van der Waals surface area (Å²) in [4.78, 5) is 26.4. The molecule has 7 heteroatoms. The number of aromatic nitrogens is 2. The second-order valence-corrected chi connectivity index (χ2v) is 6.26. The van der Waals surface area contributed by atoms with Gasteiger partial charge in [-0.15, -0.1) is 0 Å². The summed E-state index contributed by atoms with van der Waals surface area (Å²) in [6.45, 7) is 2.81. The molecule has 1 aliphatic heterocycles. The molecular formula is C18H18N4O3. The summed E-state index contributed by atoms with van der Waals surface area (Å²) in [5.74, 6) is -0.143. The Labute approximate surface area is 144 Å². The van der Waals surface area contributed by atoms with E-state index >= 15 is 0 Å². The molecule has 1 atom stereocenters. The van der Waals surface area contributed by atoms with Crippen LogP contribution >= 0.6 is 0 Å². The van der Waals surface area contributed by atoms with E-state index in [1.807, 2.05) is 43.5 Å². The molecule has 1 aliphatic rings. The van der Waals surface area contributed by atoms with Crippen molar-refractivity contribution in [1.82, 2.24) is 20.0 Å². The van der Waals surface area contributed by atoms with Crippen molar-refractivity contribution in [2.45, 2.75) is 19.5 Å². The first kappa shape index (κ1) is 15.4. The second kappa shape index (κ2) is 6.08. The predicted molar refractivity (Wildman–Crippen MR) is 91.1 cm³/mol. The van der Waals surface area contributed by atoms with Gasteiger partial charge in [0.2, 0.25) is 5.91 Å². The van der Waals surface area contributed by atoms with Gasteiger partial charge in [-0.1, -0.05) is 18.2 Å². The average molecular weight is 338 g/mol. The zero-order valence-electron chi connectivity index (χ0n) is 13.8. The number of amides is 2. The summed E-state index contributed by atoms with van der Waals surface area (Å²) in [5, 5.41) is 7.92. The van der Waals surface area contributed by atoms with Gasteiger partial charge in [0.05, 0.1) is 6.54 Å². The van der Waals surface area contributed by atoms with Gasteiger partial charge in [-0.05, 0) is 19.1 Å². The van der Waals surface area contributed by atoms with Crippen LogP contribution < -0.4 is 5.32 Å². The Morgan fingerprint density at radius 2 is 2.20 bits per heavy atom. The molecule has 1 unspecified atom stereocenters. The number of para-hydroxylation sites is 1. The summed E-state index contributed by atoms with van der Waals surface area (Å²) < 4.78 is 7.62. The van der Waals surface area contributed by atoms with Gasteiger partial charge >= 0.3 is 0 Å². The molecule has 0 radical (unpaired) electrons. The van der Waals surface area contributed by atoms with Crippen molar-refractivity contribution in [2.75, 3.05) is 13.1 Å². The molecule has 1 N–H and O–H groups in total. The fourth-order valence-electron chi connectivity index (χ4n) is 3.22. The number of furan rings is 1. The first-order valence-corrected chi connectivity index (χ1v) is 8.18. The van der Waals surface area contributed by atoms with Gasteiger partial charge < -0.3 is 14.6 Å². The molecule has 128 valence electrons. The van der Waals surface area contributed by atoms with Crippen LogP contribution in [0.2, 0.25) is 0 Å². The number of carbonyl (C=O) groups excluding carboxylic acids is 2. The van der Waals surface area contributed by atoms with Crippen LogP contribution in [0.15, 0.2) is 47.1 Å². The van der Waals surface area contributed by atoms with Crippen molar-refractivity contribution in [3.05, 3.63) is 54.0 Å². The number of carbonyl (C=O) groups is 2. The zero-order chi connectivity index (χ0) is 17.4.